The summed E-state index contributed by atoms with van der Waals surface area (Å²) in [6, 6.07) is 8.57. The molecule has 1 N–H and O–H groups in total. The van der Waals surface area contributed by atoms with Gasteiger partial charge in [0.1, 0.15) is 25.9 Å². The third-order valence-electron chi connectivity index (χ3n) is 3.75. The van der Waals surface area contributed by atoms with E-state index >= 15 is 0 Å². The van der Waals surface area contributed by atoms with Gasteiger partial charge in [0.2, 0.25) is 0 Å². The molecule has 0 amide bonds. The molecule has 1 heterocycles. The molecule has 1 aromatic heterocycles. The third kappa shape index (κ3) is 8.19. The molecule has 0 aliphatic heterocycles. The molecule has 162 valence electrons. The molecule has 0 bridgehead atoms. The molecule has 0 saturated carbocycles. The molecule has 3 rings (SSSR count). The summed E-state index contributed by atoms with van der Waals surface area (Å²) in [7, 11) is -9.34. The van der Waals surface area contributed by atoms with Gasteiger partial charge in [0.15, 0.2) is 6.47 Å². The van der Waals surface area contributed by atoms with Gasteiger partial charge in [0, 0.05) is 0 Å². The van der Waals surface area contributed by atoms with Gasteiger partial charge in [-0.15, -0.1) is 0 Å². The van der Waals surface area contributed by atoms with Crippen molar-refractivity contribution in [1.29, 1.82) is 0 Å². The summed E-state index contributed by atoms with van der Waals surface area (Å²) in [4.78, 5) is 22.2. The van der Waals surface area contributed by atoms with Crippen LogP contribution in [0.5, 0.6) is 5.88 Å². The van der Waals surface area contributed by atoms with E-state index in [1.54, 1.807) is 0 Å². The topological polar surface area (TPSA) is 203 Å². The van der Waals surface area contributed by atoms with Gasteiger partial charge in [-0.05, 0) is 48.5 Å². The van der Waals surface area contributed by atoms with E-state index in [0.717, 1.165) is 59.7 Å². The van der Waals surface area contributed by atoms with E-state index in [4.69, 9.17) is 0 Å². The Kier molecular flexibility index (Phi) is 13.3. The summed E-state index contributed by atoms with van der Waals surface area (Å²) in [5.41, 5.74) is -1.17. The normalized spacial score (nSPS) is 11.1. The van der Waals surface area contributed by atoms with Crippen LogP contribution in [-0.4, -0.2) is 42.2 Å². The molecule has 0 radical (unpaired) electrons. The number of aromatic nitrogens is 2. The molecular weight excluding hydrogens is 525 g/mol. The van der Waals surface area contributed by atoms with Gasteiger partial charge in [0.25, 0.3) is 5.56 Å². The van der Waals surface area contributed by atoms with E-state index in [9.17, 15) is 35.5 Å². The van der Waals surface area contributed by atoms with Crippen LogP contribution >= 0.6 is 0 Å². The van der Waals surface area contributed by atoms with Gasteiger partial charge in [-0.3, -0.25) is 4.79 Å². The Bertz CT molecular complexity index is 1430. The molecule has 34 heavy (non-hydrogen) atoms. The number of hydrogen-bond acceptors (Lipinski definition) is 11. The van der Waals surface area contributed by atoms with E-state index < -0.39 is 47.2 Å². The number of rotatable bonds is 7. The van der Waals surface area contributed by atoms with Gasteiger partial charge in [-0.25, -0.2) is 21.5 Å². The smallest absolute Gasteiger partial charge is 0.744 e. The fraction of sp³-hybridized carbons (Fsp3) is 0. The van der Waals surface area contributed by atoms with Crippen molar-refractivity contribution < 1.29 is 124 Å². The van der Waals surface area contributed by atoms with Crippen LogP contribution in [0.3, 0.4) is 0 Å². The number of ether oxygens (including phenoxy) is 1. The molecule has 0 spiro atoms. The number of hydrogen-bond donors (Lipinski definition) is 1. The molecule has 0 unspecified atom stereocenters. The van der Waals surface area contributed by atoms with Crippen molar-refractivity contribution in [3.63, 3.8) is 0 Å². The number of azo groups is 1. The summed E-state index contributed by atoms with van der Waals surface area (Å²) < 4.78 is 71.2. The predicted octanol–water partition coefficient (Wildman–Crippen LogP) is -8.15. The SMILES string of the molecule is O=[C-]Oc1[nH]n(-c2ccc(S(=O)(=O)[O-])cc2)c(=O)c1N=Nc1ccc(S(=O)(=O)[O-])cc1.[Na+].[Na+].[Na+]. The van der Waals surface area contributed by atoms with Crippen molar-refractivity contribution in [2.45, 2.75) is 9.79 Å². The summed E-state index contributed by atoms with van der Waals surface area (Å²) in [6.07, 6.45) is 0. The number of nitrogens with zero attached hydrogens (tertiary/aromatic N) is 3. The quantitative estimate of drug-likeness (QED) is 0.132. The van der Waals surface area contributed by atoms with E-state index in [1.807, 2.05) is 0 Å². The zero-order valence-corrected chi connectivity index (χ0v) is 25.6. The monoisotopic (exact) mass is 534 g/mol. The summed E-state index contributed by atoms with van der Waals surface area (Å²) >= 11 is 0. The molecule has 0 atom stereocenters. The molecule has 0 aliphatic rings. The Labute approximate surface area is 259 Å². The first-order chi connectivity index (χ1) is 14.5. The third-order valence-corrected chi connectivity index (χ3v) is 5.45. The first kappa shape index (κ1) is 33.3. The zero-order valence-electron chi connectivity index (χ0n) is 18.0. The maximum Gasteiger partial charge on any atom is 1.00 e. The number of aromatic amines is 1. The maximum absolute atomic E-state index is 12.6. The van der Waals surface area contributed by atoms with E-state index in [1.165, 1.54) is 0 Å². The molecular formula is C16H9N4Na3O9S2. The van der Waals surface area contributed by atoms with Crippen LogP contribution < -0.4 is 99.0 Å². The zero-order chi connectivity index (χ0) is 22.8. The van der Waals surface area contributed by atoms with Crippen molar-refractivity contribution in [3.8, 4) is 11.6 Å². The molecule has 0 saturated heterocycles. The Morgan fingerprint density at radius 1 is 0.824 bits per heavy atom. The average molecular weight is 534 g/mol. The fourth-order valence-corrected chi connectivity index (χ4v) is 3.28. The molecule has 0 aliphatic carbocycles. The molecule has 3 aromatic rings. The van der Waals surface area contributed by atoms with Gasteiger partial charge < -0.3 is 23.7 Å². The van der Waals surface area contributed by atoms with Crippen molar-refractivity contribution >= 4 is 38.1 Å². The van der Waals surface area contributed by atoms with Crippen LogP contribution in [0.1, 0.15) is 0 Å². The molecule has 0 fully saturated rings. The van der Waals surface area contributed by atoms with Crippen LogP contribution in [0.15, 0.2) is 73.3 Å². The predicted molar refractivity (Wildman–Crippen MR) is 99.3 cm³/mol. The number of nitrogens with one attached hydrogen (secondary N) is 1. The number of H-pyrrole nitrogens is 1. The van der Waals surface area contributed by atoms with Crippen LogP contribution in [0.4, 0.5) is 11.4 Å². The Morgan fingerprint density at radius 3 is 1.74 bits per heavy atom. The van der Waals surface area contributed by atoms with Crippen LogP contribution in [-0.2, 0) is 25.0 Å². The molecule has 18 heteroatoms. The van der Waals surface area contributed by atoms with Gasteiger partial charge in [-0.1, -0.05) is 0 Å². The van der Waals surface area contributed by atoms with Crippen molar-refractivity contribution in [2.75, 3.05) is 0 Å². The largest absolute Gasteiger partial charge is 1.00 e. The van der Waals surface area contributed by atoms with E-state index in [0.29, 0.717) is 0 Å². The fourth-order valence-electron chi connectivity index (χ4n) is 2.34. The Morgan fingerprint density at radius 2 is 1.29 bits per heavy atom. The van der Waals surface area contributed by atoms with Crippen molar-refractivity contribution in [1.82, 2.24) is 9.78 Å². The van der Waals surface area contributed by atoms with Gasteiger partial charge in [-0.2, -0.15) is 10.2 Å². The standard InChI is InChI=1S/C16H11N4O9S2.3Na/c21-9-29-15-14(18-17-10-1-5-12(6-2-10)30(23,24)25)16(22)20(19-15)11-3-7-13(8-4-11)31(26,27)28;;;/h1-8,19H,(H,23,24,25)(H,26,27,28);;;/q-1;3*+1/p-2. The Balaban J connectivity index is 0.00000363. The summed E-state index contributed by atoms with van der Waals surface area (Å²) in [5, 5.41) is 9.80. The minimum atomic E-state index is -4.69. The second-order valence-corrected chi connectivity index (χ2v) is 8.47. The van der Waals surface area contributed by atoms with Crippen LogP contribution in [0.2, 0.25) is 0 Å². The Hall–Kier alpha value is -0.660. The second kappa shape index (κ2) is 13.6. The van der Waals surface area contributed by atoms with Crippen LogP contribution in [0, 0.1) is 0 Å². The second-order valence-electron chi connectivity index (χ2n) is 5.71. The number of benzene rings is 2. The summed E-state index contributed by atoms with van der Waals surface area (Å²) in [6.45, 7) is 1.11. The average Bonchev–Trinajstić information content (AvgIpc) is 3.01. The first-order valence-corrected chi connectivity index (χ1v) is 10.8. The van der Waals surface area contributed by atoms with Gasteiger partial charge in [0.05, 0.1) is 27.0 Å². The first-order valence-electron chi connectivity index (χ1n) is 7.94. The summed E-state index contributed by atoms with van der Waals surface area (Å²) in [5.74, 6) is -0.442. The molecule has 2 aromatic carbocycles. The minimum absolute atomic E-state index is 0. The minimum Gasteiger partial charge on any atom is -0.744 e. The van der Waals surface area contributed by atoms with Crippen LogP contribution in [0.25, 0.3) is 5.69 Å². The van der Waals surface area contributed by atoms with Crippen molar-refractivity contribution in [2.24, 2.45) is 10.2 Å². The van der Waals surface area contributed by atoms with E-state index in [2.05, 4.69) is 20.1 Å². The van der Waals surface area contributed by atoms with Crippen molar-refractivity contribution in [3.05, 3.63) is 58.9 Å². The van der Waals surface area contributed by atoms with E-state index in [-0.39, 0.29) is 100 Å². The molecule has 13 nitrogen and oxygen atoms in total. The number of carbonyl (C=O) groups excluding carboxylic acids is 1. The maximum atomic E-state index is 12.6. The van der Waals surface area contributed by atoms with Gasteiger partial charge >= 0.3 is 88.7 Å².